The predicted molar refractivity (Wildman–Crippen MR) is 115 cm³/mol. The summed E-state index contributed by atoms with van der Waals surface area (Å²) < 4.78 is 7.20. The molecule has 2 aromatic carbocycles. The van der Waals surface area contributed by atoms with Crippen LogP contribution in [0.3, 0.4) is 0 Å². The number of nitrogens with one attached hydrogen (secondary N) is 1. The van der Waals surface area contributed by atoms with Crippen molar-refractivity contribution in [3.63, 3.8) is 0 Å². The first-order valence-corrected chi connectivity index (χ1v) is 9.74. The molecule has 3 aromatic rings. The molecule has 0 radical (unpaired) electrons. The van der Waals surface area contributed by atoms with Gasteiger partial charge in [-0.3, -0.25) is 9.59 Å². The third-order valence-corrected chi connectivity index (χ3v) is 4.89. The summed E-state index contributed by atoms with van der Waals surface area (Å²) in [6, 6.07) is 16.2. The SMILES string of the molecule is Cc1ccc(OCCNC(=O)c2ccc(=O)n(Cc3ccccc3Cl)c2)c(C)c1. The van der Waals surface area contributed by atoms with Crippen LogP contribution in [-0.4, -0.2) is 23.6 Å². The molecule has 0 saturated heterocycles. The van der Waals surface area contributed by atoms with E-state index in [0.717, 1.165) is 16.9 Å². The van der Waals surface area contributed by atoms with Gasteiger partial charge in [-0.15, -0.1) is 0 Å². The van der Waals surface area contributed by atoms with Crippen molar-refractivity contribution in [1.82, 2.24) is 9.88 Å². The molecule has 0 atom stereocenters. The number of hydrogen-bond acceptors (Lipinski definition) is 3. The molecule has 5 nitrogen and oxygen atoms in total. The second kappa shape index (κ2) is 9.43. The summed E-state index contributed by atoms with van der Waals surface area (Å²) in [6.07, 6.45) is 1.55. The lowest BCUT2D eigenvalue weighted by molar-refractivity contribution is 0.0946. The van der Waals surface area contributed by atoms with Gasteiger partial charge in [0, 0.05) is 17.3 Å². The summed E-state index contributed by atoms with van der Waals surface area (Å²) in [5.41, 5.74) is 3.26. The Balaban J connectivity index is 1.59. The zero-order chi connectivity index (χ0) is 20.8. The van der Waals surface area contributed by atoms with Crippen LogP contribution < -0.4 is 15.6 Å². The number of hydrogen-bond donors (Lipinski definition) is 1. The quantitative estimate of drug-likeness (QED) is 0.599. The van der Waals surface area contributed by atoms with E-state index in [1.807, 2.05) is 44.2 Å². The van der Waals surface area contributed by atoms with Crippen LogP contribution in [0.1, 0.15) is 27.0 Å². The average Bonchev–Trinajstić information content (AvgIpc) is 2.69. The van der Waals surface area contributed by atoms with Crippen LogP contribution in [-0.2, 0) is 6.54 Å². The van der Waals surface area contributed by atoms with E-state index in [1.165, 1.54) is 22.3 Å². The number of pyridine rings is 1. The fourth-order valence-corrected chi connectivity index (χ4v) is 3.18. The smallest absolute Gasteiger partial charge is 0.252 e. The van der Waals surface area contributed by atoms with Gasteiger partial charge >= 0.3 is 0 Å². The van der Waals surface area contributed by atoms with E-state index in [2.05, 4.69) is 11.4 Å². The normalized spacial score (nSPS) is 10.6. The number of rotatable bonds is 7. The summed E-state index contributed by atoms with van der Waals surface area (Å²) >= 11 is 6.17. The third kappa shape index (κ3) is 5.48. The molecule has 1 N–H and O–H groups in total. The fourth-order valence-electron chi connectivity index (χ4n) is 2.99. The Hall–Kier alpha value is -3.05. The van der Waals surface area contributed by atoms with Crippen molar-refractivity contribution in [3.8, 4) is 5.75 Å². The zero-order valence-electron chi connectivity index (χ0n) is 16.4. The Morgan fingerprint density at radius 2 is 1.90 bits per heavy atom. The van der Waals surface area contributed by atoms with Crippen molar-refractivity contribution in [2.45, 2.75) is 20.4 Å². The van der Waals surface area contributed by atoms with Gasteiger partial charge in [0.1, 0.15) is 12.4 Å². The molecule has 0 saturated carbocycles. The first kappa shape index (κ1) is 20.7. The summed E-state index contributed by atoms with van der Waals surface area (Å²) in [6.45, 7) is 5.03. The van der Waals surface area contributed by atoms with Gasteiger partial charge in [-0.1, -0.05) is 47.5 Å². The lowest BCUT2D eigenvalue weighted by Crippen LogP contribution is -2.30. The van der Waals surface area contributed by atoms with Crippen molar-refractivity contribution in [3.05, 3.63) is 98.4 Å². The molecule has 0 aliphatic heterocycles. The van der Waals surface area contributed by atoms with Crippen molar-refractivity contribution in [2.24, 2.45) is 0 Å². The first-order chi connectivity index (χ1) is 13.9. The number of aryl methyl sites for hydroxylation is 2. The summed E-state index contributed by atoms with van der Waals surface area (Å²) in [4.78, 5) is 24.6. The molecule has 150 valence electrons. The summed E-state index contributed by atoms with van der Waals surface area (Å²) in [5, 5.41) is 3.40. The molecule has 6 heteroatoms. The van der Waals surface area contributed by atoms with Crippen LogP contribution in [0.5, 0.6) is 5.75 Å². The van der Waals surface area contributed by atoms with Gasteiger partial charge in [-0.2, -0.15) is 0 Å². The third-order valence-electron chi connectivity index (χ3n) is 4.52. The molecule has 0 unspecified atom stereocenters. The van der Waals surface area contributed by atoms with E-state index in [9.17, 15) is 9.59 Å². The fraction of sp³-hybridized carbons (Fsp3) is 0.217. The van der Waals surface area contributed by atoms with E-state index in [-0.39, 0.29) is 11.5 Å². The van der Waals surface area contributed by atoms with Gasteiger partial charge in [0.25, 0.3) is 11.5 Å². The van der Waals surface area contributed by atoms with E-state index in [1.54, 1.807) is 12.3 Å². The number of benzene rings is 2. The topological polar surface area (TPSA) is 60.3 Å². The van der Waals surface area contributed by atoms with Crippen LogP contribution in [0.25, 0.3) is 0 Å². The van der Waals surface area contributed by atoms with E-state index >= 15 is 0 Å². The van der Waals surface area contributed by atoms with Gasteiger partial charge in [-0.05, 0) is 43.2 Å². The molecule has 3 rings (SSSR count). The number of carbonyl (C=O) groups is 1. The number of amides is 1. The van der Waals surface area contributed by atoms with Gasteiger partial charge in [0.2, 0.25) is 0 Å². The minimum absolute atomic E-state index is 0.195. The van der Waals surface area contributed by atoms with Gasteiger partial charge < -0.3 is 14.6 Å². The second-order valence-electron chi connectivity index (χ2n) is 6.85. The predicted octanol–water partition coefficient (Wildman–Crippen LogP) is 3.98. The zero-order valence-corrected chi connectivity index (χ0v) is 17.2. The van der Waals surface area contributed by atoms with E-state index in [4.69, 9.17) is 16.3 Å². The second-order valence-corrected chi connectivity index (χ2v) is 7.26. The standard InChI is InChI=1S/C23H23ClN2O3/c1-16-7-9-21(17(2)13-16)29-12-11-25-23(28)19-8-10-22(27)26(15-19)14-18-5-3-4-6-20(18)24/h3-10,13,15H,11-12,14H2,1-2H3,(H,25,28). The Morgan fingerprint density at radius 1 is 1.10 bits per heavy atom. The summed E-state index contributed by atoms with van der Waals surface area (Å²) in [7, 11) is 0. The number of ether oxygens (including phenoxy) is 1. The molecular formula is C23H23ClN2O3. The molecule has 1 heterocycles. The van der Waals surface area contributed by atoms with Gasteiger partial charge in [0.05, 0.1) is 18.7 Å². The molecule has 1 amide bonds. The van der Waals surface area contributed by atoms with Crippen molar-refractivity contribution < 1.29 is 9.53 Å². The Bertz CT molecular complexity index is 1080. The number of carbonyl (C=O) groups excluding carboxylic acids is 1. The molecule has 1 aromatic heterocycles. The Kier molecular flexibility index (Phi) is 6.73. The van der Waals surface area contributed by atoms with Crippen molar-refractivity contribution in [1.29, 1.82) is 0 Å². The number of aromatic nitrogens is 1. The molecule has 0 spiro atoms. The maximum Gasteiger partial charge on any atom is 0.252 e. The lowest BCUT2D eigenvalue weighted by Gasteiger charge is -2.12. The highest BCUT2D eigenvalue weighted by atomic mass is 35.5. The van der Waals surface area contributed by atoms with Crippen molar-refractivity contribution in [2.75, 3.05) is 13.2 Å². The monoisotopic (exact) mass is 410 g/mol. The highest BCUT2D eigenvalue weighted by Crippen LogP contribution is 2.18. The molecule has 0 aliphatic carbocycles. The highest BCUT2D eigenvalue weighted by Gasteiger charge is 2.09. The molecule has 0 bridgehead atoms. The number of nitrogens with zero attached hydrogens (tertiary/aromatic N) is 1. The van der Waals surface area contributed by atoms with Crippen LogP contribution in [0, 0.1) is 13.8 Å². The van der Waals surface area contributed by atoms with Gasteiger partial charge in [-0.25, -0.2) is 0 Å². The van der Waals surface area contributed by atoms with Crippen LogP contribution in [0.15, 0.2) is 65.6 Å². The van der Waals surface area contributed by atoms with Gasteiger partial charge in [0.15, 0.2) is 0 Å². The largest absolute Gasteiger partial charge is 0.491 e. The molecule has 29 heavy (non-hydrogen) atoms. The highest BCUT2D eigenvalue weighted by molar-refractivity contribution is 6.31. The Labute approximate surface area is 174 Å². The lowest BCUT2D eigenvalue weighted by atomic mass is 10.1. The maximum atomic E-state index is 12.4. The Morgan fingerprint density at radius 3 is 2.66 bits per heavy atom. The van der Waals surface area contributed by atoms with Crippen molar-refractivity contribution >= 4 is 17.5 Å². The first-order valence-electron chi connectivity index (χ1n) is 9.36. The minimum Gasteiger partial charge on any atom is -0.491 e. The minimum atomic E-state index is -0.262. The van der Waals surface area contributed by atoms with E-state index < -0.39 is 0 Å². The maximum absolute atomic E-state index is 12.4. The van der Waals surface area contributed by atoms with Crippen LogP contribution in [0.4, 0.5) is 0 Å². The molecule has 0 fully saturated rings. The molecule has 0 aliphatic rings. The van der Waals surface area contributed by atoms with Crippen LogP contribution >= 0.6 is 11.6 Å². The number of halogens is 1. The summed E-state index contributed by atoms with van der Waals surface area (Å²) in [5.74, 6) is 0.542. The molecular weight excluding hydrogens is 388 g/mol. The van der Waals surface area contributed by atoms with E-state index in [0.29, 0.717) is 30.3 Å². The van der Waals surface area contributed by atoms with Crippen LogP contribution in [0.2, 0.25) is 5.02 Å². The average molecular weight is 411 g/mol.